The van der Waals surface area contributed by atoms with Crippen LogP contribution >= 0.6 is 0 Å². The maximum absolute atomic E-state index is 10.7. The van der Waals surface area contributed by atoms with Gasteiger partial charge in [-0.3, -0.25) is 4.55 Å². The molecule has 0 spiro atoms. The van der Waals surface area contributed by atoms with Gasteiger partial charge in [0.15, 0.2) is 0 Å². The molecule has 0 aliphatic carbocycles. The normalized spacial score (nSPS) is 11.7. The van der Waals surface area contributed by atoms with Crippen molar-refractivity contribution in [3.63, 3.8) is 0 Å². The molecule has 0 heterocycles. The van der Waals surface area contributed by atoms with Gasteiger partial charge < -0.3 is 6.33 Å². The second-order valence-electron chi connectivity index (χ2n) is 7.89. The Balaban J connectivity index is -0.00000312. The van der Waals surface area contributed by atoms with Crippen LogP contribution in [0.3, 0.4) is 0 Å². The molecule has 6 heteroatoms. The SMILES string of the molecule is CCCCCCCCCCCCCCCCCCN(C)CCS(=O)(=O)O.[H-].[K+]. The van der Waals surface area contributed by atoms with Crippen LogP contribution in [0.15, 0.2) is 0 Å². The fourth-order valence-electron chi connectivity index (χ4n) is 3.31. The smallest absolute Gasteiger partial charge is 1.00 e. The van der Waals surface area contributed by atoms with Crippen LogP contribution in [0.25, 0.3) is 0 Å². The molecule has 0 aliphatic rings. The van der Waals surface area contributed by atoms with Crippen molar-refractivity contribution in [2.45, 2.75) is 110 Å². The summed E-state index contributed by atoms with van der Waals surface area (Å²) in [6.45, 7) is 3.60. The molecule has 1 N–H and O–H groups in total. The van der Waals surface area contributed by atoms with E-state index in [0.29, 0.717) is 6.54 Å². The molecule has 0 saturated carbocycles. The Morgan fingerprint density at radius 3 is 1.33 bits per heavy atom. The van der Waals surface area contributed by atoms with Crippen LogP contribution in [0, 0.1) is 0 Å². The number of nitrogens with zero attached hydrogens (tertiary/aromatic N) is 1. The standard InChI is InChI=1S/C21H45NO3S.K.H/c1-3-4-5-6-7-8-9-10-11-12-13-14-15-16-17-18-19-22(2)20-21-26(23,24)25;;/h3-21H2,1-2H3,(H,23,24,25);;/q;+1;-1. The van der Waals surface area contributed by atoms with E-state index in [1.165, 1.54) is 96.3 Å². The Morgan fingerprint density at radius 1 is 0.667 bits per heavy atom. The molecule has 0 radical (unpaired) electrons. The number of unbranched alkanes of at least 4 members (excludes halogenated alkanes) is 15. The van der Waals surface area contributed by atoms with Gasteiger partial charge in [-0.15, -0.1) is 0 Å². The molecule has 0 aromatic rings. The molecule has 0 atom stereocenters. The van der Waals surface area contributed by atoms with Gasteiger partial charge in [-0.2, -0.15) is 8.42 Å². The van der Waals surface area contributed by atoms with E-state index in [1.807, 2.05) is 11.9 Å². The second kappa shape index (κ2) is 22.2. The van der Waals surface area contributed by atoms with Gasteiger partial charge in [0, 0.05) is 6.54 Å². The van der Waals surface area contributed by atoms with E-state index in [0.717, 1.165) is 13.0 Å². The van der Waals surface area contributed by atoms with Gasteiger partial charge in [0.05, 0.1) is 5.75 Å². The van der Waals surface area contributed by atoms with E-state index in [2.05, 4.69) is 6.92 Å². The van der Waals surface area contributed by atoms with Crippen LogP contribution in [-0.4, -0.2) is 43.8 Å². The largest absolute Gasteiger partial charge is 1.00 e. The second-order valence-corrected chi connectivity index (χ2v) is 9.46. The fraction of sp³-hybridized carbons (Fsp3) is 1.00. The predicted molar refractivity (Wildman–Crippen MR) is 115 cm³/mol. The summed E-state index contributed by atoms with van der Waals surface area (Å²) in [5, 5.41) is 0. The Morgan fingerprint density at radius 2 is 1.00 bits per heavy atom. The summed E-state index contributed by atoms with van der Waals surface area (Å²) in [6, 6.07) is 0. The molecule has 0 fully saturated rings. The van der Waals surface area contributed by atoms with Crippen molar-refractivity contribution in [3.8, 4) is 0 Å². The van der Waals surface area contributed by atoms with Crippen LogP contribution in [0.5, 0.6) is 0 Å². The van der Waals surface area contributed by atoms with Crippen molar-refractivity contribution in [2.24, 2.45) is 0 Å². The molecule has 0 aromatic heterocycles. The molecule has 0 bridgehead atoms. The average Bonchev–Trinajstić information content (AvgIpc) is 2.59. The van der Waals surface area contributed by atoms with Gasteiger partial charge >= 0.3 is 51.4 Å². The first-order chi connectivity index (χ1) is 12.5. The van der Waals surface area contributed by atoms with Crippen molar-refractivity contribution >= 4 is 10.1 Å². The van der Waals surface area contributed by atoms with Crippen LogP contribution in [-0.2, 0) is 10.1 Å². The average molecular weight is 432 g/mol. The Labute approximate surface area is 214 Å². The third-order valence-electron chi connectivity index (χ3n) is 5.12. The molecule has 160 valence electrons. The van der Waals surface area contributed by atoms with E-state index in [-0.39, 0.29) is 58.6 Å². The van der Waals surface area contributed by atoms with Crippen molar-refractivity contribution in [2.75, 3.05) is 25.9 Å². The third kappa shape index (κ3) is 27.5. The minimum Gasteiger partial charge on any atom is -1.00 e. The van der Waals surface area contributed by atoms with Gasteiger partial charge in [0.1, 0.15) is 0 Å². The van der Waals surface area contributed by atoms with E-state index >= 15 is 0 Å². The Bertz CT molecular complexity index is 397. The maximum atomic E-state index is 10.7. The van der Waals surface area contributed by atoms with Crippen LogP contribution in [0.4, 0.5) is 0 Å². The molecule has 0 saturated heterocycles. The monoisotopic (exact) mass is 431 g/mol. The summed E-state index contributed by atoms with van der Waals surface area (Å²) in [5.74, 6) is -0.164. The van der Waals surface area contributed by atoms with Gasteiger partial charge in [-0.1, -0.05) is 103 Å². The number of rotatable bonds is 20. The van der Waals surface area contributed by atoms with Gasteiger partial charge in [0.25, 0.3) is 10.1 Å². The first kappa shape index (κ1) is 30.7. The molecule has 27 heavy (non-hydrogen) atoms. The van der Waals surface area contributed by atoms with E-state index in [1.54, 1.807) is 0 Å². The fourth-order valence-corrected chi connectivity index (χ4v) is 3.86. The van der Waals surface area contributed by atoms with E-state index in [9.17, 15) is 8.42 Å². The zero-order valence-electron chi connectivity index (χ0n) is 19.6. The Hall–Kier alpha value is 1.51. The summed E-state index contributed by atoms with van der Waals surface area (Å²) in [6.07, 6.45) is 21.8. The molecular formula is C21H46KNO3S. The predicted octanol–water partition coefficient (Wildman–Crippen LogP) is 3.18. The third-order valence-corrected chi connectivity index (χ3v) is 5.82. The summed E-state index contributed by atoms with van der Waals surface area (Å²) >= 11 is 0. The zero-order chi connectivity index (χ0) is 19.5. The van der Waals surface area contributed by atoms with Gasteiger partial charge in [-0.25, -0.2) is 0 Å². The van der Waals surface area contributed by atoms with Crippen LogP contribution < -0.4 is 51.4 Å². The van der Waals surface area contributed by atoms with Crippen LogP contribution in [0.1, 0.15) is 111 Å². The van der Waals surface area contributed by atoms with E-state index < -0.39 is 10.1 Å². The summed E-state index contributed by atoms with van der Waals surface area (Å²) < 4.78 is 30.1. The topological polar surface area (TPSA) is 57.6 Å². The molecular weight excluding hydrogens is 385 g/mol. The first-order valence-electron chi connectivity index (χ1n) is 11.1. The van der Waals surface area contributed by atoms with Gasteiger partial charge in [0.2, 0.25) is 0 Å². The molecule has 0 aliphatic heterocycles. The van der Waals surface area contributed by atoms with Crippen molar-refractivity contribution in [3.05, 3.63) is 0 Å². The first-order valence-corrected chi connectivity index (χ1v) is 12.7. The van der Waals surface area contributed by atoms with Crippen molar-refractivity contribution in [1.82, 2.24) is 4.90 Å². The maximum Gasteiger partial charge on any atom is 1.00 e. The minimum absolute atomic E-state index is 0. The number of hydrogen-bond acceptors (Lipinski definition) is 3. The Kier molecular flexibility index (Phi) is 25.2. The molecule has 0 aromatic carbocycles. The molecule has 0 rings (SSSR count). The van der Waals surface area contributed by atoms with Crippen molar-refractivity contribution < 1.29 is 65.8 Å². The summed E-state index contributed by atoms with van der Waals surface area (Å²) in [5.41, 5.74) is 0. The molecule has 0 amide bonds. The quantitative estimate of drug-likeness (QED) is 0.183. The zero-order valence-corrected chi connectivity index (χ0v) is 22.5. The molecule has 4 nitrogen and oxygen atoms in total. The summed E-state index contributed by atoms with van der Waals surface area (Å²) in [7, 11) is -1.91. The molecule has 0 unspecified atom stereocenters. The minimum atomic E-state index is -3.82. The number of hydrogen-bond donors (Lipinski definition) is 1. The van der Waals surface area contributed by atoms with E-state index in [4.69, 9.17) is 4.55 Å². The van der Waals surface area contributed by atoms with Crippen molar-refractivity contribution in [1.29, 1.82) is 0 Å². The van der Waals surface area contributed by atoms with Crippen LogP contribution in [0.2, 0.25) is 0 Å². The van der Waals surface area contributed by atoms with Gasteiger partial charge in [-0.05, 0) is 20.0 Å². The summed E-state index contributed by atoms with van der Waals surface area (Å²) in [4.78, 5) is 1.98.